The van der Waals surface area contributed by atoms with Gasteiger partial charge in [-0.1, -0.05) is 121 Å². The summed E-state index contributed by atoms with van der Waals surface area (Å²) in [5.41, 5.74) is 4.09. The lowest BCUT2D eigenvalue weighted by atomic mass is 9.90. The van der Waals surface area contributed by atoms with E-state index in [1.165, 1.54) is 11.1 Å². The number of nitrogens with zero attached hydrogens (tertiary/aromatic N) is 2. The fraction of sp³-hybridized carbons (Fsp3) is 0.597. The minimum absolute atomic E-state index is 0.0399. The summed E-state index contributed by atoms with van der Waals surface area (Å²) in [6, 6.07) is 36.0. The number of likely N-dealkylation sites (N-methyl/N-ethyl adjacent to an activating group) is 2. The van der Waals surface area contributed by atoms with Crippen molar-refractivity contribution >= 4 is 29.5 Å². The van der Waals surface area contributed by atoms with Crippen LogP contribution in [0.15, 0.2) is 121 Å². The number of amides is 5. The number of carbonyl (C=O) groups is 5. The van der Waals surface area contributed by atoms with E-state index in [4.69, 9.17) is 14.2 Å². The molecule has 4 aromatic carbocycles. The molecular formula is C72H108N12O9. The molecule has 0 spiro atoms. The van der Waals surface area contributed by atoms with E-state index < -0.39 is 36.4 Å². The lowest BCUT2D eigenvalue weighted by Crippen LogP contribution is -2.59. The van der Waals surface area contributed by atoms with Gasteiger partial charge in [0.1, 0.15) is 24.4 Å². The van der Waals surface area contributed by atoms with Crippen molar-refractivity contribution in [2.75, 3.05) is 93.0 Å². The Labute approximate surface area is 552 Å². The van der Waals surface area contributed by atoms with Crippen molar-refractivity contribution in [2.24, 2.45) is 11.8 Å². The molecule has 510 valence electrons. The number of rotatable bonds is 41. The summed E-state index contributed by atoms with van der Waals surface area (Å²) in [5.74, 6) is -0.773. The number of hydrogen-bond acceptors (Lipinski definition) is 16. The first-order valence-electron chi connectivity index (χ1n) is 34.5. The number of benzene rings is 4. The van der Waals surface area contributed by atoms with E-state index >= 15 is 0 Å². The molecule has 0 bridgehead atoms. The minimum Gasteiger partial charge on any atom is -0.379 e. The third kappa shape index (κ3) is 22.5. The summed E-state index contributed by atoms with van der Waals surface area (Å²) in [4.78, 5) is 74.8. The first-order valence-corrected chi connectivity index (χ1v) is 34.5. The van der Waals surface area contributed by atoms with Gasteiger partial charge in [0.05, 0.1) is 50.6 Å². The first kappa shape index (κ1) is 72.6. The van der Waals surface area contributed by atoms with Crippen LogP contribution in [0.3, 0.4) is 0 Å². The number of ether oxygens (including phenoxy) is 3. The van der Waals surface area contributed by atoms with E-state index in [0.29, 0.717) is 117 Å². The topological polar surface area (TPSA) is 260 Å². The van der Waals surface area contributed by atoms with Gasteiger partial charge in [-0.25, -0.2) is 0 Å². The Morgan fingerprint density at radius 3 is 1.66 bits per heavy atom. The molecule has 4 aromatic rings. The molecule has 0 radical (unpaired) electrons. The van der Waals surface area contributed by atoms with Gasteiger partial charge in [0, 0.05) is 64.1 Å². The molecule has 5 amide bonds. The van der Waals surface area contributed by atoms with Gasteiger partial charge in [-0.2, -0.15) is 0 Å². The molecule has 21 heteroatoms. The van der Waals surface area contributed by atoms with Crippen molar-refractivity contribution in [3.8, 4) is 0 Å². The molecule has 4 heterocycles. The average molecular weight is 1290 g/mol. The Balaban J connectivity index is 0.707. The minimum atomic E-state index is -1.22. The standard InChI is InChI=1S/C72H108N12O9/c1-51(73-3)47-79-65-57(35-39-76-48-53-19-9-5-10-20-53)27-29-59-31-33-62(83(59)71(65)89)68(86)80-61(55-23-13-7-14-24-55)50-75-37-17-41-91-43-45-93-46-44-92-42-18-38-78-70(88)64(56-25-15-8-16-26-56)81-69(87)63-34-32-60-30-28-58(36-40-77-49-54-21-11-6-12-22-54)66(72(90)84(60)63)82-67(85)52(2)74-4/h5-16,19-26,51-52,57-66,69,73-77,79,81,87H,17-18,27-50H2,1-4H3,(H,78,88)(H,80,86)(H,82,85). The highest BCUT2D eigenvalue weighted by Gasteiger charge is 2.49. The Morgan fingerprint density at radius 2 is 1.06 bits per heavy atom. The van der Waals surface area contributed by atoms with Crippen LogP contribution in [0.25, 0.3) is 0 Å². The van der Waals surface area contributed by atoms with Crippen molar-refractivity contribution in [3.63, 3.8) is 0 Å². The van der Waals surface area contributed by atoms with E-state index in [2.05, 4.69) is 96.5 Å². The highest BCUT2D eigenvalue weighted by Crippen LogP contribution is 2.38. The molecule has 4 saturated heterocycles. The van der Waals surface area contributed by atoms with E-state index in [9.17, 15) is 29.1 Å². The fourth-order valence-electron chi connectivity index (χ4n) is 13.6. The predicted octanol–water partition coefficient (Wildman–Crippen LogP) is 4.59. The number of aliphatic hydroxyl groups is 1. The molecule has 4 fully saturated rings. The van der Waals surface area contributed by atoms with Crippen molar-refractivity contribution < 1.29 is 43.3 Å². The van der Waals surface area contributed by atoms with Crippen LogP contribution in [-0.2, 0) is 51.3 Å². The second kappa shape index (κ2) is 39.6. The molecule has 4 aliphatic rings. The van der Waals surface area contributed by atoms with Crippen LogP contribution in [0.2, 0.25) is 0 Å². The molecule has 0 aliphatic carbocycles. The highest BCUT2D eigenvalue weighted by molar-refractivity contribution is 5.92. The van der Waals surface area contributed by atoms with E-state index in [-0.39, 0.29) is 71.6 Å². The Bertz CT molecular complexity index is 2820. The van der Waals surface area contributed by atoms with Gasteiger partial charge in [-0.05, 0) is 159 Å². The average Bonchev–Trinajstić information content (AvgIpc) is 1.69. The van der Waals surface area contributed by atoms with Gasteiger partial charge in [-0.15, -0.1) is 0 Å². The maximum absolute atomic E-state index is 14.7. The van der Waals surface area contributed by atoms with E-state index in [0.717, 1.165) is 63.6 Å². The summed E-state index contributed by atoms with van der Waals surface area (Å²) < 4.78 is 17.5. The quantitative estimate of drug-likeness (QED) is 0.0215. The number of fused-ring (bicyclic) bond motifs is 2. The lowest BCUT2D eigenvalue weighted by molar-refractivity contribution is -0.142. The van der Waals surface area contributed by atoms with Gasteiger partial charge >= 0.3 is 0 Å². The van der Waals surface area contributed by atoms with Crippen molar-refractivity contribution in [1.29, 1.82) is 0 Å². The highest BCUT2D eigenvalue weighted by atomic mass is 16.5. The molecular weight excluding hydrogens is 1180 g/mol. The molecule has 0 aromatic heterocycles. The largest absolute Gasteiger partial charge is 0.379 e. The Hall–Kier alpha value is -6.21. The predicted molar refractivity (Wildman–Crippen MR) is 362 cm³/mol. The second-order valence-corrected chi connectivity index (χ2v) is 25.7. The molecule has 4 aliphatic heterocycles. The molecule has 8 rings (SSSR count). The zero-order valence-electron chi connectivity index (χ0n) is 55.5. The summed E-state index contributed by atoms with van der Waals surface area (Å²) in [7, 11) is 3.65. The van der Waals surface area contributed by atoms with Gasteiger partial charge in [0.2, 0.25) is 29.5 Å². The summed E-state index contributed by atoms with van der Waals surface area (Å²) >= 11 is 0. The lowest BCUT2D eigenvalue weighted by Gasteiger charge is -2.36. The first-order chi connectivity index (χ1) is 45.4. The maximum Gasteiger partial charge on any atom is 0.246 e. The second-order valence-electron chi connectivity index (χ2n) is 25.7. The zero-order chi connectivity index (χ0) is 65.6. The van der Waals surface area contributed by atoms with Gasteiger partial charge in [0.15, 0.2) is 0 Å². The Kier molecular flexibility index (Phi) is 30.9. The van der Waals surface area contributed by atoms with Crippen LogP contribution in [0.5, 0.6) is 0 Å². The molecule has 93 heavy (non-hydrogen) atoms. The number of carbonyl (C=O) groups excluding carboxylic acids is 5. The van der Waals surface area contributed by atoms with Gasteiger partial charge in [-0.3, -0.25) is 29.3 Å². The summed E-state index contributed by atoms with van der Waals surface area (Å²) in [6.07, 6.45) is 7.71. The van der Waals surface area contributed by atoms with Crippen molar-refractivity contribution in [3.05, 3.63) is 144 Å². The van der Waals surface area contributed by atoms with Crippen molar-refractivity contribution in [2.45, 2.75) is 171 Å². The monoisotopic (exact) mass is 1280 g/mol. The van der Waals surface area contributed by atoms with Crippen LogP contribution in [0.1, 0.15) is 125 Å². The van der Waals surface area contributed by atoms with Crippen LogP contribution in [-0.4, -0.2) is 192 Å². The van der Waals surface area contributed by atoms with Crippen LogP contribution in [0, 0.1) is 11.8 Å². The van der Waals surface area contributed by atoms with Crippen LogP contribution < -0.4 is 53.2 Å². The Morgan fingerprint density at radius 1 is 0.548 bits per heavy atom. The SMILES string of the molecule is CNC(C)CNC1C(=O)N2C(CCC1CCNCc1ccccc1)CCC2C(=O)NC(CNCCCOCCOCCOCCCNC(=O)C(NC(O)C1CCC2CCC(CCNCc3ccccc3)C(NC(=O)C(C)NC)C(=O)N21)c1ccccc1)c1ccccc1. The molecule has 11 N–H and O–H groups in total. The molecule has 13 unspecified atom stereocenters. The van der Waals surface area contributed by atoms with Crippen LogP contribution in [0.4, 0.5) is 0 Å². The smallest absolute Gasteiger partial charge is 0.246 e. The van der Waals surface area contributed by atoms with Crippen LogP contribution >= 0.6 is 0 Å². The number of aliphatic hydroxyl groups excluding tert-OH is 1. The molecule has 21 nitrogen and oxygen atoms in total. The van der Waals surface area contributed by atoms with Crippen molar-refractivity contribution in [1.82, 2.24) is 63.0 Å². The molecule has 0 saturated carbocycles. The van der Waals surface area contributed by atoms with Gasteiger partial charge in [0.25, 0.3) is 0 Å². The van der Waals surface area contributed by atoms with E-state index in [1.54, 1.807) is 18.9 Å². The third-order valence-corrected chi connectivity index (χ3v) is 19.2. The number of nitrogens with one attached hydrogen (secondary N) is 10. The zero-order valence-corrected chi connectivity index (χ0v) is 55.5. The fourth-order valence-corrected chi connectivity index (χ4v) is 13.6. The normalized spacial score (nSPS) is 23.0. The maximum atomic E-state index is 14.7. The van der Waals surface area contributed by atoms with E-state index in [1.807, 2.05) is 96.9 Å². The third-order valence-electron chi connectivity index (χ3n) is 19.2. The number of hydrogen-bond donors (Lipinski definition) is 11. The molecule has 13 atom stereocenters. The summed E-state index contributed by atoms with van der Waals surface area (Å²) in [6.45, 7) is 11.7. The summed E-state index contributed by atoms with van der Waals surface area (Å²) in [5, 5.41) is 45.2. The van der Waals surface area contributed by atoms with Gasteiger partial charge < -0.3 is 77.0 Å².